The fourth-order valence-corrected chi connectivity index (χ4v) is 8.83. The lowest BCUT2D eigenvalue weighted by Crippen LogP contribution is -2.10. The van der Waals surface area contributed by atoms with Crippen molar-refractivity contribution < 1.29 is 5.79 Å². The van der Waals surface area contributed by atoms with Crippen LogP contribution in [0.5, 0.6) is 0 Å². The Morgan fingerprint density at radius 1 is 0.545 bits per heavy atom. The van der Waals surface area contributed by atoms with E-state index in [0.29, 0.717) is 0 Å². The SMILES string of the molecule is [2H]C(C)(C)c1ccc(-c2nc3ccc4ccccc4c3n2-c2c(C(C)C)cc(-c3ccccc3)cc2C(C)C)c2oc3cc4c(ccc5ccccc54)cc3c12. The zero-order chi connectivity index (χ0) is 38.5. The molecule has 55 heavy (non-hydrogen) atoms. The van der Waals surface area contributed by atoms with Crippen molar-refractivity contribution in [1.82, 2.24) is 9.55 Å². The first kappa shape index (κ1) is 32.3. The Kier molecular flexibility index (Phi) is 7.45. The zero-order valence-corrected chi connectivity index (χ0v) is 32.2. The van der Waals surface area contributed by atoms with Crippen LogP contribution < -0.4 is 0 Å². The van der Waals surface area contributed by atoms with E-state index in [9.17, 15) is 1.37 Å². The van der Waals surface area contributed by atoms with Gasteiger partial charge in [-0.25, -0.2) is 4.98 Å². The maximum Gasteiger partial charge on any atom is 0.149 e. The van der Waals surface area contributed by atoms with Gasteiger partial charge in [0.15, 0.2) is 0 Å². The summed E-state index contributed by atoms with van der Waals surface area (Å²) < 4.78 is 18.9. The molecule has 0 aliphatic heterocycles. The van der Waals surface area contributed by atoms with Crippen LogP contribution in [0.1, 0.15) is 77.3 Å². The first-order valence-corrected chi connectivity index (χ1v) is 19.5. The van der Waals surface area contributed by atoms with Gasteiger partial charge in [0.25, 0.3) is 0 Å². The molecule has 2 aromatic heterocycles. The third-order valence-corrected chi connectivity index (χ3v) is 11.5. The molecule has 3 heteroatoms. The number of rotatable bonds is 6. The fraction of sp³-hybridized carbons (Fsp3) is 0.173. The predicted molar refractivity (Wildman–Crippen MR) is 234 cm³/mol. The van der Waals surface area contributed by atoms with Gasteiger partial charge in [-0.2, -0.15) is 0 Å². The molecule has 2 heterocycles. The van der Waals surface area contributed by atoms with Crippen LogP contribution in [-0.2, 0) is 0 Å². The van der Waals surface area contributed by atoms with Crippen LogP contribution >= 0.6 is 0 Å². The molecular weight excluding hydrogens is 669 g/mol. The van der Waals surface area contributed by atoms with Gasteiger partial charge in [0.05, 0.1) is 22.3 Å². The molecule has 0 bridgehead atoms. The number of imidazole rings is 1. The molecule has 0 atom stereocenters. The van der Waals surface area contributed by atoms with Crippen LogP contribution in [0.4, 0.5) is 0 Å². The second-order valence-electron chi connectivity index (χ2n) is 15.9. The predicted octanol–water partition coefficient (Wildman–Crippen LogP) is 15.1. The Morgan fingerprint density at radius 2 is 1.18 bits per heavy atom. The lowest BCUT2D eigenvalue weighted by atomic mass is 9.88. The lowest BCUT2D eigenvalue weighted by Gasteiger charge is -2.25. The van der Waals surface area contributed by atoms with Gasteiger partial charge in [-0.1, -0.05) is 145 Å². The van der Waals surface area contributed by atoms with Gasteiger partial charge in [0.2, 0.25) is 0 Å². The molecule has 0 fully saturated rings. The van der Waals surface area contributed by atoms with Gasteiger partial charge in [0.1, 0.15) is 17.0 Å². The van der Waals surface area contributed by atoms with Gasteiger partial charge < -0.3 is 4.42 Å². The van der Waals surface area contributed by atoms with Crippen LogP contribution in [0.25, 0.3) is 93.5 Å². The van der Waals surface area contributed by atoms with Crippen LogP contribution in [0.2, 0.25) is 0 Å². The average Bonchev–Trinajstić information content (AvgIpc) is 3.78. The molecule has 0 aliphatic carbocycles. The summed E-state index contributed by atoms with van der Waals surface area (Å²) >= 11 is 0. The van der Waals surface area contributed by atoms with Gasteiger partial charge in [-0.15, -0.1) is 0 Å². The molecule has 0 amide bonds. The fourth-order valence-electron chi connectivity index (χ4n) is 8.83. The second-order valence-corrected chi connectivity index (χ2v) is 15.9. The van der Waals surface area contributed by atoms with Crippen molar-refractivity contribution in [3.05, 3.63) is 156 Å². The maximum absolute atomic E-state index is 9.35. The molecule has 10 rings (SSSR count). The molecule has 3 nitrogen and oxygen atoms in total. The second kappa shape index (κ2) is 12.7. The molecule has 0 aliphatic rings. The number of fused-ring (bicyclic) bond motifs is 9. The number of aromatic nitrogens is 2. The quantitative estimate of drug-likeness (QED) is 0.161. The van der Waals surface area contributed by atoms with Crippen molar-refractivity contribution in [2.75, 3.05) is 0 Å². The Bertz CT molecular complexity index is 3150. The van der Waals surface area contributed by atoms with E-state index >= 15 is 0 Å². The molecule has 0 unspecified atom stereocenters. The highest BCUT2D eigenvalue weighted by atomic mass is 16.3. The lowest BCUT2D eigenvalue weighted by molar-refractivity contribution is 0.669. The van der Waals surface area contributed by atoms with Crippen LogP contribution in [0, 0.1) is 0 Å². The van der Waals surface area contributed by atoms with E-state index in [1.807, 2.05) is 13.8 Å². The van der Waals surface area contributed by atoms with Crippen molar-refractivity contribution in [3.8, 4) is 28.2 Å². The highest BCUT2D eigenvalue weighted by Gasteiger charge is 2.27. The smallest absolute Gasteiger partial charge is 0.149 e. The van der Waals surface area contributed by atoms with E-state index in [-0.39, 0.29) is 11.8 Å². The van der Waals surface area contributed by atoms with Gasteiger partial charge in [0, 0.05) is 17.5 Å². The molecule has 8 aromatic carbocycles. The standard InChI is InChI=1S/C52H44N2O/c1-30(2)38-23-24-41(51-48(38)45-26-36-21-20-34-16-10-12-18-39(34)44(36)29-47(45)55-51)52-53-46-25-22-35-17-11-13-19-40(35)50(46)54(52)49-42(31(3)4)27-37(28-43(49)32(5)6)33-14-8-7-9-15-33/h7-32H,1-6H3/i30D. The summed E-state index contributed by atoms with van der Waals surface area (Å²) in [5.74, 6) is 0.421. The summed E-state index contributed by atoms with van der Waals surface area (Å²) in [5.41, 5.74) is 11.6. The van der Waals surface area contributed by atoms with Crippen molar-refractivity contribution in [1.29, 1.82) is 0 Å². The number of benzene rings is 8. The van der Waals surface area contributed by atoms with Gasteiger partial charge >= 0.3 is 0 Å². The van der Waals surface area contributed by atoms with E-state index < -0.39 is 5.89 Å². The first-order chi connectivity index (χ1) is 27.1. The summed E-state index contributed by atoms with van der Waals surface area (Å²) in [7, 11) is 0. The first-order valence-electron chi connectivity index (χ1n) is 20.0. The highest BCUT2D eigenvalue weighted by molar-refractivity contribution is 6.19. The minimum atomic E-state index is -0.870. The molecule has 0 N–H and O–H groups in total. The van der Waals surface area contributed by atoms with Crippen LogP contribution in [0.15, 0.2) is 144 Å². The van der Waals surface area contributed by atoms with E-state index in [1.165, 1.54) is 44.1 Å². The summed E-state index contributed by atoms with van der Waals surface area (Å²) in [6, 6.07) is 50.2. The molecule has 10 aromatic rings. The third-order valence-electron chi connectivity index (χ3n) is 11.5. The van der Waals surface area contributed by atoms with Gasteiger partial charge in [-0.05, 0) is 109 Å². The van der Waals surface area contributed by atoms with Crippen molar-refractivity contribution >= 4 is 65.3 Å². The molecule has 268 valence electrons. The summed E-state index contributed by atoms with van der Waals surface area (Å²) in [6.07, 6.45) is 0. The number of nitrogens with zero attached hydrogens (tertiary/aromatic N) is 2. The van der Waals surface area contributed by atoms with E-state index in [4.69, 9.17) is 9.40 Å². The number of hydrogen-bond donors (Lipinski definition) is 0. The normalized spacial score (nSPS) is 12.8. The summed E-state index contributed by atoms with van der Waals surface area (Å²) in [5, 5.41) is 9.03. The average molecular weight is 714 g/mol. The number of furan rings is 1. The maximum atomic E-state index is 9.35. The Morgan fingerprint density at radius 3 is 1.89 bits per heavy atom. The Hall–Kier alpha value is -6.19. The van der Waals surface area contributed by atoms with Crippen LogP contribution in [-0.4, -0.2) is 9.55 Å². The Balaban J connectivity index is 1.36. The summed E-state index contributed by atoms with van der Waals surface area (Å²) in [4.78, 5) is 5.56. The molecular formula is C52H44N2O. The topological polar surface area (TPSA) is 31.0 Å². The zero-order valence-electron chi connectivity index (χ0n) is 33.2. The van der Waals surface area contributed by atoms with E-state index in [1.54, 1.807) is 0 Å². The Labute approximate surface area is 323 Å². The van der Waals surface area contributed by atoms with Crippen LogP contribution in [0.3, 0.4) is 0 Å². The highest BCUT2D eigenvalue weighted by Crippen LogP contribution is 2.46. The van der Waals surface area contributed by atoms with E-state index in [0.717, 1.165) is 66.1 Å². The minimum Gasteiger partial charge on any atom is -0.455 e. The van der Waals surface area contributed by atoms with Gasteiger partial charge in [-0.3, -0.25) is 4.57 Å². The largest absolute Gasteiger partial charge is 0.455 e. The van der Waals surface area contributed by atoms with Crippen molar-refractivity contribution in [2.24, 2.45) is 0 Å². The molecule has 0 saturated carbocycles. The molecule has 0 spiro atoms. The molecule has 0 saturated heterocycles. The monoisotopic (exact) mass is 713 g/mol. The number of hydrogen-bond acceptors (Lipinski definition) is 2. The third kappa shape index (κ3) is 5.21. The van der Waals surface area contributed by atoms with E-state index in [2.05, 4.69) is 172 Å². The molecule has 0 radical (unpaired) electrons. The minimum absolute atomic E-state index is 0.228. The van der Waals surface area contributed by atoms with Crippen molar-refractivity contribution in [3.63, 3.8) is 0 Å². The summed E-state index contributed by atoms with van der Waals surface area (Å²) in [6.45, 7) is 13.1. The van der Waals surface area contributed by atoms with Crippen molar-refractivity contribution in [2.45, 2.75) is 59.3 Å².